The van der Waals surface area contributed by atoms with Crippen LogP contribution in [0.4, 0.5) is 11.4 Å². The van der Waals surface area contributed by atoms with Crippen LogP contribution in [0.5, 0.6) is 0 Å². The van der Waals surface area contributed by atoms with E-state index >= 15 is 0 Å². The van der Waals surface area contributed by atoms with E-state index in [1.54, 1.807) is 11.0 Å². The van der Waals surface area contributed by atoms with E-state index in [2.05, 4.69) is 15.5 Å². The van der Waals surface area contributed by atoms with Crippen molar-refractivity contribution in [3.05, 3.63) is 59.7 Å². The molecule has 1 saturated carbocycles. The number of rotatable bonds is 6. The van der Waals surface area contributed by atoms with Crippen LogP contribution >= 0.6 is 0 Å². The predicted octanol–water partition coefficient (Wildman–Crippen LogP) is 3.09. The summed E-state index contributed by atoms with van der Waals surface area (Å²) in [4.78, 5) is 42.2. The number of carbonyl (C=O) groups excluding carboxylic acids is 3. The van der Waals surface area contributed by atoms with Gasteiger partial charge in [0.25, 0.3) is 5.91 Å². The predicted molar refractivity (Wildman–Crippen MR) is 123 cm³/mol. The summed E-state index contributed by atoms with van der Waals surface area (Å²) in [5.74, 6) is -0.702. The summed E-state index contributed by atoms with van der Waals surface area (Å²) in [5.41, 5.74) is 3.17. The highest BCUT2D eigenvalue weighted by Gasteiger charge is 2.47. The van der Waals surface area contributed by atoms with Crippen LogP contribution in [0.3, 0.4) is 0 Å². The summed E-state index contributed by atoms with van der Waals surface area (Å²) in [6.45, 7) is 2.00. The molecule has 5 rings (SSSR count). The molecule has 0 spiro atoms. The minimum absolute atomic E-state index is 0.0958. The Morgan fingerprint density at radius 3 is 2.38 bits per heavy atom. The van der Waals surface area contributed by atoms with Gasteiger partial charge in [-0.3, -0.25) is 14.4 Å². The van der Waals surface area contributed by atoms with Gasteiger partial charge in [-0.2, -0.15) is 0 Å². The highest BCUT2D eigenvalue weighted by atomic mass is 16.2. The summed E-state index contributed by atoms with van der Waals surface area (Å²) >= 11 is 0. The number of amides is 3. The van der Waals surface area contributed by atoms with Gasteiger partial charge in [0.1, 0.15) is 6.04 Å². The fourth-order valence-corrected chi connectivity index (χ4v) is 4.71. The summed E-state index contributed by atoms with van der Waals surface area (Å²) in [6, 6.07) is 14.5. The first-order chi connectivity index (χ1) is 15.6. The van der Waals surface area contributed by atoms with Gasteiger partial charge < -0.3 is 20.4 Å². The van der Waals surface area contributed by atoms with Crippen LogP contribution in [0.2, 0.25) is 0 Å². The maximum absolute atomic E-state index is 13.0. The van der Waals surface area contributed by atoms with E-state index in [1.165, 1.54) is 24.9 Å². The van der Waals surface area contributed by atoms with Crippen molar-refractivity contribution in [2.75, 3.05) is 29.9 Å². The Bertz CT molecular complexity index is 1030. The smallest absolute Gasteiger partial charge is 0.255 e. The summed E-state index contributed by atoms with van der Waals surface area (Å²) in [7, 11) is 0. The van der Waals surface area contributed by atoms with Gasteiger partial charge in [0.05, 0.1) is 6.54 Å². The largest absolute Gasteiger partial charge is 0.372 e. The molecule has 2 heterocycles. The average molecular weight is 433 g/mol. The molecule has 1 atom stereocenters. The van der Waals surface area contributed by atoms with Crippen molar-refractivity contribution in [1.29, 1.82) is 0 Å². The van der Waals surface area contributed by atoms with Crippen molar-refractivity contribution in [2.24, 2.45) is 0 Å². The van der Waals surface area contributed by atoms with E-state index in [0.717, 1.165) is 31.5 Å². The molecule has 1 unspecified atom stereocenters. The number of nitrogens with one attached hydrogen (secondary N) is 2. The zero-order valence-corrected chi connectivity index (χ0v) is 18.0. The maximum Gasteiger partial charge on any atom is 0.255 e. The number of carbonyl (C=O) groups is 3. The number of nitrogens with zero attached hydrogens (tertiary/aromatic N) is 2. The molecule has 7 heteroatoms. The van der Waals surface area contributed by atoms with Gasteiger partial charge in [-0.05, 0) is 68.0 Å². The highest BCUT2D eigenvalue weighted by molar-refractivity contribution is 6.05. The number of hydrogen-bond acceptors (Lipinski definition) is 4. The molecule has 2 aromatic carbocycles. The van der Waals surface area contributed by atoms with Crippen molar-refractivity contribution in [2.45, 2.75) is 44.2 Å². The van der Waals surface area contributed by atoms with Crippen LogP contribution in [-0.4, -0.2) is 48.3 Å². The van der Waals surface area contributed by atoms with Crippen molar-refractivity contribution >= 4 is 29.1 Å². The lowest BCUT2D eigenvalue weighted by Crippen LogP contribution is -2.42. The number of fused-ring (bicyclic) bond motifs is 1. The molecular formula is C25H28N4O3. The Kier molecular flexibility index (Phi) is 5.55. The molecule has 1 saturated heterocycles. The van der Waals surface area contributed by atoms with Crippen LogP contribution < -0.4 is 15.5 Å². The Balaban J connectivity index is 1.19. The number of hydrogen-bond donors (Lipinski definition) is 2. The fourth-order valence-electron chi connectivity index (χ4n) is 4.71. The second-order valence-electron chi connectivity index (χ2n) is 8.79. The monoisotopic (exact) mass is 432 g/mol. The van der Waals surface area contributed by atoms with Gasteiger partial charge in [0.15, 0.2) is 0 Å². The molecule has 0 bridgehead atoms. The Morgan fingerprint density at radius 1 is 0.938 bits per heavy atom. The van der Waals surface area contributed by atoms with Crippen molar-refractivity contribution in [3.63, 3.8) is 0 Å². The molecule has 2 aliphatic heterocycles. The topological polar surface area (TPSA) is 81.8 Å². The number of piperidine rings is 1. The Hall–Kier alpha value is -3.35. The van der Waals surface area contributed by atoms with Crippen LogP contribution in [0, 0.1) is 0 Å². The molecular weight excluding hydrogens is 404 g/mol. The average Bonchev–Trinajstić information content (AvgIpc) is 3.62. The third-order valence-corrected chi connectivity index (χ3v) is 6.48. The number of anilines is 2. The van der Waals surface area contributed by atoms with E-state index in [0.29, 0.717) is 11.3 Å². The van der Waals surface area contributed by atoms with Crippen molar-refractivity contribution in [3.8, 4) is 0 Å². The third kappa shape index (κ3) is 4.07. The Labute approximate surface area is 187 Å². The molecule has 3 amide bonds. The van der Waals surface area contributed by atoms with Crippen LogP contribution in [0.1, 0.15) is 54.1 Å². The van der Waals surface area contributed by atoms with Crippen molar-refractivity contribution in [1.82, 2.24) is 10.2 Å². The maximum atomic E-state index is 13.0. The Morgan fingerprint density at radius 2 is 1.66 bits per heavy atom. The number of benzene rings is 2. The molecule has 7 nitrogen and oxygen atoms in total. The molecule has 1 aliphatic carbocycles. The van der Waals surface area contributed by atoms with E-state index in [4.69, 9.17) is 0 Å². The molecule has 2 N–H and O–H groups in total. The first-order valence-electron chi connectivity index (χ1n) is 11.5. The lowest BCUT2D eigenvalue weighted by Gasteiger charge is -2.28. The van der Waals surface area contributed by atoms with Gasteiger partial charge in [0.2, 0.25) is 11.8 Å². The quantitative estimate of drug-likeness (QED) is 0.735. The zero-order chi connectivity index (χ0) is 22.1. The summed E-state index contributed by atoms with van der Waals surface area (Å²) in [5, 5.41) is 5.57. The van der Waals surface area contributed by atoms with Gasteiger partial charge in [-0.25, -0.2) is 0 Å². The first-order valence-corrected chi connectivity index (χ1v) is 11.5. The van der Waals surface area contributed by atoms with Gasteiger partial charge in [0, 0.05) is 36.1 Å². The van der Waals surface area contributed by atoms with Crippen LogP contribution in [-0.2, 0) is 9.59 Å². The second-order valence-corrected chi connectivity index (χ2v) is 8.79. The third-order valence-electron chi connectivity index (χ3n) is 6.48. The van der Waals surface area contributed by atoms with E-state index < -0.39 is 6.04 Å². The van der Waals surface area contributed by atoms with E-state index in [-0.39, 0.29) is 30.3 Å². The fraction of sp³-hybridized carbons (Fsp3) is 0.400. The SMILES string of the molecule is O=C(CNC(=O)C1c2ccccc2C(=O)N1C1CC1)Nc1ccc(N2CCCCC2)cc1. The van der Waals surface area contributed by atoms with Crippen LogP contribution in [0.15, 0.2) is 48.5 Å². The second kappa shape index (κ2) is 8.65. The van der Waals surface area contributed by atoms with Gasteiger partial charge >= 0.3 is 0 Å². The van der Waals surface area contributed by atoms with E-state index in [1.807, 2.05) is 42.5 Å². The lowest BCUT2D eigenvalue weighted by molar-refractivity contribution is -0.127. The minimum atomic E-state index is -0.664. The molecule has 166 valence electrons. The molecule has 0 aromatic heterocycles. The molecule has 2 aromatic rings. The minimum Gasteiger partial charge on any atom is -0.372 e. The summed E-state index contributed by atoms with van der Waals surface area (Å²) < 4.78 is 0. The normalized spacial score (nSPS) is 20.1. The molecule has 0 radical (unpaired) electrons. The molecule has 2 fully saturated rings. The van der Waals surface area contributed by atoms with E-state index in [9.17, 15) is 14.4 Å². The van der Waals surface area contributed by atoms with Crippen LogP contribution in [0.25, 0.3) is 0 Å². The zero-order valence-electron chi connectivity index (χ0n) is 18.0. The van der Waals surface area contributed by atoms with Crippen molar-refractivity contribution < 1.29 is 14.4 Å². The molecule has 3 aliphatic rings. The lowest BCUT2D eigenvalue weighted by atomic mass is 10.0. The summed E-state index contributed by atoms with van der Waals surface area (Å²) in [6.07, 6.45) is 5.55. The first kappa shape index (κ1) is 20.5. The van der Waals surface area contributed by atoms with Gasteiger partial charge in [-0.1, -0.05) is 18.2 Å². The molecule has 32 heavy (non-hydrogen) atoms. The van der Waals surface area contributed by atoms with Gasteiger partial charge in [-0.15, -0.1) is 0 Å². The standard InChI is InChI=1S/C25H28N4O3/c30-22(27-17-8-10-18(11-9-17)28-14-4-1-5-15-28)16-26-24(31)23-20-6-2-3-7-21(20)25(32)29(23)19-12-13-19/h2-3,6-11,19,23H,1,4-5,12-16H2,(H,26,31)(H,27,30). The highest BCUT2D eigenvalue weighted by Crippen LogP contribution is 2.41.